The lowest BCUT2D eigenvalue weighted by atomic mass is 10.0. The zero-order valence-corrected chi connectivity index (χ0v) is 19.8. The molecule has 2 heterocycles. The molecule has 0 spiro atoms. The lowest BCUT2D eigenvalue weighted by molar-refractivity contribution is 0.0546. The van der Waals surface area contributed by atoms with Gasteiger partial charge in [-0.05, 0) is 56.8 Å². The first-order valence-electron chi connectivity index (χ1n) is 11.3. The van der Waals surface area contributed by atoms with Crippen LogP contribution in [-0.4, -0.2) is 74.8 Å². The number of halogens is 1. The number of carbonyl (C=O) groups is 1. The molecule has 172 valence electrons. The summed E-state index contributed by atoms with van der Waals surface area (Å²) >= 11 is 6.46. The third-order valence-electron chi connectivity index (χ3n) is 6.12. The van der Waals surface area contributed by atoms with Crippen molar-refractivity contribution in [1.82, 2.24) is 9.80 Å². The Morgan fingerprint density at radius 1 is 1.06 bits per heavy atom. The van der Waals surface area contributed by atoms with Crippen molar-refractivity contribution in [1.29, 1.82) is 0 Å². The molecule has 0 aliphatic carbocycles. The van der Waals surface area contributed by atoms with E-state index in [1.165, 1.54) is 5.56 Å². The van der Waals surface area contributed by atoms with E-state index in [9.17, 15) is 4.79 Å². The Hall–Kier alpha value is -2.28. The number of nitrogens with zero attached hydrogens (tertiary/aromatic N) is 3. The number of likely N-dealkylation sites (N-methyl/N-ethyl adjacent to an activating group) is 1. The van der Waals surface area contributed by atoms with Gasteiger partial charge in [-0.15, -0.1) is 0 Å². The highest BCUT2D eigenvalue weighted by atomic mass is 35.5. The van der Waals surface area contributed by atoms with Gasteiger partial charge >= 0.3 is 0 Å². The second kappa shape index (κ2) is 10.1. The van der Waals surface area contributed by atoms with Crippen molar-refractivity contribution in [3.05, 3.63) is 58.6 Å². The van der Waals surface area contributed by atoms with Gasteiger partial charge in [0.15, 0.2) is 0 Å². The van der Waals surface area contributed by atoms with Crippen LogP contribution in [0, 0.1) is 0 Å². The Labute approximate surface area is 195 Å². The maximum Gasteiger partial charge on any atom is 0.254 e. The minimum atomic E-state index is 0.0500. The molecule has 2 saturated heterocycles. The van der Waals surface area contributed by atoms with Gasteiger partial charge < -0.3 is 19.3 Å². The van der Waals surface area contributed by atoms with Gasteiger partial charge in [0.1, 0.15) is 5.75 Å². The van der Waals surface area contributed by atoms with E-state index >= 15 is 0 Å². The third kappa shape index (κ3) is 5.20. The van der Waals surface area contributed by atoms with E-state index in [2.05, 4.69) is 29.0 Å². The van der Waals surface area contributed by atoms with Crippen molar-refractivity contribution in [2.75, 3.05) is 57.9 Å². The van der Waals surface area contributed by atoms with Crippen LogP contribution in [0.4, 0.5) is 5.69 Å². The van der Waals surface area contributed by atoms with Crippen molar-refractivity contribution < 1.29 is 14.3 Å². The molecule has 4 rings (SSSR count). The molecule has 0 radical (unpaired) electrons. The van der Waals surface area contributed by atoms with Crippen molar-refractivity contribution in [2.24, 2.45) is 0 Å². The minimum absolute atomic E-state index is 0.0500. The molecule has 6 nitrogen and oxygen atoms in total. The molecule has 32 heavy (non-hydrogen) atoms. The zero-order valence-electron chi connectivity index (χ0n) is 19.1. The highest BCUT2D eigenvalue weighted by Crippen LogP contribution is 2.30. The average molecular weight is 458 g/mol. The molecular weight excluding hydrogens is 426 g/mol. The van der Waals surface area contributed by atoms with Gasteiger partial charge in [0, 0.05) is 38.3 Å². The number of piperazine rings is 1. The Balaban J connectivity index is 1.49. The predicted molar refractivity (Wildman–Crippen MR) is 128 cm³/mol. The standard InChI is InChI=1S/C25H32ClN3O3/c1-18(2)32-21-7-4-19(5-8-21)24-17-29(11-10-27(24)3)25(30)20-6-9-22(26)23(16-20)28-12-14-31-15-13-28/h4-9,16,18,24H,10-15,17H2,1-3H3. The molecule has 7 heteroatoms. The first kappa shape index (κ1) is 22.9. The second-order valence-electron chi connectivity index (χ2n) is 8.75. The van der Waals surface area contributed by atoms with E-state index in [-0.39, 0.29) is 18.1 Å². The fourth-order valence-corrected chi connectivity index (χ4v) is 4.57. The number of benzene rings is 2. The summed E-state index contributed by atoms with van der Waals surface area (Å²) in [6.07, 6.45) is 0.146. The van der Waals surface area contributed by atoms with Gasteiger partial charge in [0.25, 0.3) is 5.91 Å². The van der Waals surface area contributed by atoms with Gasteiger partial charge in [0.05, 0.1) is 36.1 Å². The summed E-state index contributed by atoms with van der Waals surface area (Å²) < 4.78 is 11.2. The number of amides is 1. The molecule has 1 atom stereocenters. The highest BCUT2D eigenvalue weighted by molar-refractivity contribution is 6.33. The number of carbonyl (C=O) groups excluding carboxylic acids is 1. The molecule has 2 aliphatic rings. The summed E-state index contributed by atoms with van der Waals surface area (Å²) in [6, 6.07) is 14.0. The van der Waals surface area contributed by atoms with E-state index in [1.54, 1.807) is 0 Å². The molecule has 0 aromatic heterocycles. The molecule has 2 fully saturated rings. The number of morpholine rings is 1. The maximum atomic E-state index is 13.4. The second-order valence-corrected chi connectivity index (χ2v) is 9.16. The number of ether oxygens (including phenoxy) is 2. The van der Waals surface area contributed by atoms with Gasteiger partial charge in [-0.2, -0.15) is 0 Å². The first-order valence-corrected chi connectivity index (χ1v) is 11.7. The summed E-state index contributed by atoms with van der Waals surface area (Å²) in [5, 5.41) is 0.670. The van der Waals surface area contributed by atoms with Crippen LogP contribution >= 0.6 is 11.6 Å². The topological polar surface area (TPSA) is 45.3 Å². The largest absolute Gasteiger partial charge is 0.491 e. The Morgan fingerprint density at radius 2 is 1.78 bits per heavy atom. The van der Waals surface area contributed by atoms with Crippen LogP contribution in [0.3, 0.4) is 0 Å². The molecule has 2 aromatic carbocycles. The monoisotopic (exact) mass is 457 g/mol. The normalized spacial score (nSPS) is 20.0. The summed E-state index contributed by atoms with van der Waals surface area (Å²) in [5.74, 6) is 0.918. The third-order valence-corrected chi connectivity index (χ3v) is 6.44. The van der Waals surface area contributed by atoms with Crippen LogP contribution in [0.25, 0.3) is 0 Å². The average Bonchev–Trinajstić information content (AvgIpc) is 2.80. The zero-order chi connectivity index (χ0) is 22.7. The Morgan fingerprint density at radius 3 is 2.47 bits per heavy atom. The molecule has 2 aliphatic heterocycles. The van der Waals surface area contributed by atoms with E-state index in [0.29, 0.717) is 36.9 Å². The lowest BCUT2D eigenvalue weighted by Gasteiger charge is -2.40. The van der Waals surface area contributed by atoms with Crippen LogP contribution in [-0.2, 0) is 4.74 Å². The number of hydrogen-bond acceptors (Lipinski definition) is 5. The molecule has 0 saturated carbocycles. The molecule has 0 N–H and O–H groups in total. The van der Waals surface area contributed by atoms with Crippen LogP contribution in [0.2, 0.25) is 5.02 Å². The van der Waals surface area contributed by atoms with Gasteiger partial charge in [-0.3, -0.25) is 9.69 Å². The minimum Gasteiger partial charge on any atom is -0.491 e. The lowest BCUT2D eigenvalue weighted by Crippen LogP contribution is -2.49. The van der Waals surface area contributed by atoms with Gasteiger partial charge in [-0.25, -0.2) is 0 Å². The van der Waals surface area contributed by atoms with Gasteiger partial charge in [0.2, 0.25) is 0 Å². The van der Waals surface area contributed by atoms with E-state index in [4.69, 9.17) is 21.1 Å². The maximum absolute atomic E-state index is 13.4. The summed E-state index contributed by atoms with van der Waals surface area (Å²) in [6.45, 7) is 9.14. The highest BCUT2D eigenvalue weighted by Gasteiger charge is 2.29. The van der Waals surface area contributed by atoms with Crippen LogP contribution in [0.5, 0.6) is 5.75 Å². The number of rotatable bonds is 5. The number of hydrogen-bond donors (Lipinski definition) is 0. The molecule has 1 amide bonds. The van der Waals surface area contributed by atoms with Crippen LogP contribution < -0.4 is 9.64 Å². The Bertz CT molecular complexity index is 929. The fourth-order valence-electron chi connectivity index (χ4n) is 4.33. The van der Waals surface area contributed by atoms with Crippen molar-refractivity contribution >= 4 is 23.2 Å². The smallest absolute Gasteiger partial charge is 0.254 e. The predicted octanol–water partition coefficient (Wildman–Crippen LogP) is 4.09. The molecule has 1 unspecified atom stereocenters. The van der Waals surface area contributed by atoms with Crippen LogP contribution in [0.15, 0.2) is 42.5 Å². The first-order chi connectivity index (χ1) is 15.4. The van der Waals surface area contributed by atoms with Gasteiger partial charge in [-0.1, -0.05) is 23.7 Å². The summed E-state index contributed by atoms with van der Waals surface area (Å²) in [7, 11) is 2.11. The van der Waals surface area contributed by atoms with E-state index in [1.807, 2.05) is 49.1 Å². The summed E-state index contributed by atoms with van der Waals surface area (Å²) in [4.78, 5) is 19.9. The van der Waals surface area contributed by atoms with Crippen molar-refractivity contribution in [3.8, 4) is 5.75 Å². The number of anilines is 1. The van der Waals surface area contributed by atoms with E-state index in [0.717, 1.165) is 31.1 Å². The summed E-state index contributed by atoms with van der Waals surface area (Å²) in [5.41, 5.74) is 2.78. The molecule has 2 aromatic rings. The fraction of sp³-hybridized carbons (Fsp3) is 0.480. The van der Waals surface area contributed by atoms with Crippen molar-refractivity contribution in [2.45, 2.75) is 26.0 Å². The Kier molecular flexibility index (Phi) is 7.23. The molecule has 0 bridgehead atoms. The molecular formula is C25H32ClN3O3. The quantitative estimate of drug-likeness (QED) is 0.676. The van der Waals surface area contributed by atoms with E-state index < -0.39 is 0 Å². The van der Waals surface area contributed by atoms with Crippen LogP contribution in [0.1, 0.15) is 35.8 Å². The van der Waals surface area contributed by atoms with Crippen molar-refractivity contribution in [3.63, 3.8) is 0 Å². The SMILES string of the molecule is CC(C)Oc1ccc(C2CN(C(=O)c3ccc(Cl)c(N4CCOCC4)c3)CCN2C)cc1.